The molecular weight excluding hydrogens is 254 g/mol. The van der Waals surface area contributed by atoms with Gasteiger partial charge < -0.3 is 9.47 Å². The van der Waals surface area contributed by atoms with E-state index in [9.17, 15) is 4.79 Å². The van der Waals surface area contributed by atoms with Crippen LogP contribution in [0.1, 0.15) is 58.8 Å². The first kappa shape index (κ1) is 15.8. The van der Waals surface area contributed by atoms with Gasteiger partial charge in [-0.1, -0.05) is 26.2 Å². The van der Waals surface area contributed by atoms with Crippen LogP contribution in [-0.4, -0.2) is 48.8 Å². The number of nitrogens with zero attached hydrogens (tertiary/aromatic N) is 1. The summed E-state index contributed by atoms with van der Waals surface area (Å²) in [6.45, 7) is 6.62. The first-order valence-electron chi connectivity index (χ1n) is 8.23. The van der Waals surface area contributed by atoms with Crippen molar-refractivity contribution in [3.8, 4) is 0 Å². The molecule has 2 fully saturated rings. The molecule has 0 aromatic rings. The SMILES string of the molecule is CCOC(=O)CN(CC)C1CCOC2(CCCCC2)C1. The van der Waals surface area contributed by atoms with Crippen molar-refractivity contribution in [1.82, 2.24) is 4.90 Å². The number of rotatable bonds is 5. The zero-order valence-electron chi connectivity index (χ0n) is 13.0. The maximum atomic E-state index is 11.7. The van der Waals surface area contributed by atoms with Gasteiger partial charge in [-0.05, 0) is 39.2 Å². The van der Waals surface area contributed by atoms with E-state index in [1.807, 2.05) is 6.92 Å². The molecule has 20 heavy (non-hydrogen) atoms. The lowest BCUT2D eigenvalue weighted by molar-refractivity contribution is -0.149. The van der Waals surface area contributed by atoms with Gasteiger partial charge in [0.25, 0.3) is 0 Å². The Morgan fingerprint density at radius 3 is 2.70 bits per heavy atom. The Kier molecular flexibility index (Phi) is 5.85. The topological polar surface area (TPSA) is 38.8 Å². The van der Waals surface area contributed by atoms with Crippen LogP contribution in [0.25, 0.3) is 0 Å². The summed E-state index contributed by atoms with van der Waals surface area (Å²) < 4.78 is 11.2. The van der Waals surface area contributed by atoms with Crippen LogP contribution in [0, 0.1) is 0 Å². The minimum absolute atomic E-state index is 0.0986. The third-order valence-electron chi connectivity index (χ3n) is 4.79. The molecule has 1 atom stereocenters. The van der Waals surface area contributed by atoms with E-state index in [-0.39, 0.29) is 11.6 Å². The number of carbonyl (C=O) groups excluding carboxylic acids is 1. The standard InChI is InChI=1S/C16H29NO3/c1-3-17(13-15(18)19-4-2)14-8-11-20-16(12-14)9-6-5-7-10-16/h14H,3-13H2,1-2H3. The van der Waals surface area contributed by atoms with Crippen LogP contribution in [-0.2, 0) is 14.3 Å². The highest BCUT2D eigenvalue weighted by Gasteiger charge is 2.40. The van der Waals surface area contributed by atoms with Crippen molar-refractivity contribution in [2.75, 3.05) is 26.3 Å². The zero-order valence-corrected chi connectivity index (χ0v) is 13.0. The molecule has 1 aliphatic heterocycles. The van der Waals surface area contributed by atoms with Gasteiger partial charge in [0.05, 0.1) is 18.8 Å². The lowest BCUT2D eigenvalue weighted by Gasteiger charge is -2.46. The Balaban J connectivity index is 1.93. The molecule has 0 aromatic heterocycles. The zero-order chi connectivity index (χ0) is 14.4. The van der Waals surface area contributed by atoms with Gasteiger partial charge in [0.2, 0.25) is 0 Å². The predicted molar refractivity (Wildman–Crippen MR) is 78.7 cm³/mol. The van der Waals surface area contributed by atoms with Gasteiger partial charge in [0.15, 0.2) is 0 Å². The van der Waals surface area contributed by atoms with Gasteiger partial charge in [-0.3, -0.25) is 9.69 Å². The minimum atomic E-state index is -0.0986. The number of esters is 1. The molecule has 0 amide bonds. The fourth-order valence-corrected chi connectivity index (χ4v) is 3.73. The van der Waals surface area contributed by atoms with Crippen LogP contribution in [0.4, 0.5) is 0 Å². The highest BCUT2D eigenvalue weighted by atomic mass is 16.5. The molecule has 0 N–H and O–H groups in total. The summed E-state index contributed by atoms with van der Waals surface area (Å²) >= 11 is 0. The molecule has 2 rings (SSSR count). The number of hydrogen-bond donors (Lipinski definition) is 0. The van der Waals surface area contributed by atoms with E-state index in [4.69, 9.17) is 9.47 Å². The van der Waals surface area contributed by atoms with Crippen molar-refractivity contribution in [3.05, 3.63) is 0 Å². The highest BCUT2D eigenvalue weighted by molar-refractivity contribution is 5.71. The van der Waals surface area contributed by atoms with E-state index in [1.165, 1.54) is 32.1 Å². The van der Waals surface area contributed by atoms with Crippen molar-refractivity contribution in [3.63, 3.8) is 0 Å². The van der Waals surface area contributed by atoms with Gasteiger partial charge in [0.1, 0.15) is 0 Å². The third-order valence-corrected chi connectivity index (χ3v) is 4.79. The molecule has 116 valence electrons. The van der Waals surface area contributed by atoms with Crippen LogP contribution >= 0.6 is 0 Å². The second-order valence-corrected chi connectivity index (χ2v) is 6.11. The largest absolute Gasteiger partial charge is 0.465 e. The molecule has 1 aliphatic carbocycles. The van der Waals surface area contributed by atoms with E-state index in [0.717, 1.165) is 26.0 Å². The quantitative estimate of drug-likeness (QED) is 0.727. The van der Waals surface area contributed by atoms with Crippen LogP contribution in [0.2, 0.25) is 0 Å². The summed E-state index contributed by atoms with van der Waals surface area (Å²) in [6.07, 6.45) is 8.43. The van der Waals surface area contributed by atoms with Crippen LogP contribution in [0.15, 0.2) is 0 Å². The fraction of sp³-hybridized carbons (Fsp3) is 0.938. The van der Waals surface area contributed by atoms with Gasteiger partial charge in [-0.15, -0.1) is 0 Å². The van der Waals surface area contributed by atoms with Crippen molar-refractivity contribution in [2.24, 2.45) is 0 Å². The molecule has 0 radical (unpaired) electrons. The van der Waals surface area contributed by atoms with Crippen molar-refractivity contribution in [1.29, 1.82) is 0 Å². The molecular formula is C16H29NO3. The van der Waals surface area contributed by atoms with Crippen LogP contribution in [0.5, 0.6) is 0 Å². The summed E-state index contributed by atoms with van der Waals surface area (Å²) in [5.41, 5.74) is 0.100. The molecule has 1 unspecified atom stereocenters. The molecule has 1 saturated carbocycles. The molecule has 4 heteroatoms. The Morgan fingerprint density at radius 2 is 2.05 bits per heavy atom. The maximum absolute atomic E-state index is 11.7. The molecule has 4 nitrogen and oxygen atoms in total. The summed E-state index contributed by atoms with van der Waals surface area (Å²) in [7, 11) is 0. The number of likely N-dealkylation sites (N-methyl/N-ethyl adjacent to an activating group) is 1. The molecule has 0 bridgehead atoms. The molecule has 2 aliphatic rings. The van der Waals surface area contributed by atoms with Gasteiger partial charge in [-0.25, -0.2) is 0 Å². The van der Waals surface area contributed by atoms with E-state index >= 15 is 0 Å². The first-order valence-corrected chi connectivity index (χ1v) is 8.23. The number of carbonyl (C=O) groups is 1. The molecule has 1 heterocycles. The van der Waals surface area contributed by atoms with Gasteiger partial charge in [0, 0.05) is 12.6 Å². The molecule has 1 spiro atoms. The highest BCUT2D eigenvalue weighted by Crippen LogP contribution is 2.39. The normalized spacial score (nSPS) is 25.9. The second-order valence-electron chi connectivity index (χ2n) is 6.11. The summed E-state index contributed by atoms with van der Waals surface area (Å²) in [4.78, 5) is 14.0. The summed E-state index contributed by atoms with van der Waals surface area (Å²) in [6, 6.07) is 0.469. The predicted octanol–water partition coefficient (Wildman–Crippen LogP) is 2.75. The Morgan fingerprint density at radius 1 is 1.30 bits per heavy atom. The first-order chi connectivity index (χ1) is 9.69. The minimum Gasteiger partial charge on any atom is -0.465 e. The summed E-state index contributed by atoms with van der Waals surface area (Å²) in [5, 5.41) is 0. The average molecular weight is 283 g/mol. The lowest BCUT2D eigenvalue weighted by Crippen LogP contribution is -2.50. The average Bonchev–Trinajstić information content (AvgIpc) is 2.46. The van der Waals surface area contributed by atoms with E-state index < -0.39 is 0 Å². The lowest BCUT2D eigenvalue weighted by atomic mass is 9.78. The smallest absolute Gasteiger partial charge is 0.320 e. The summed E-state index contributed by atoms with van der Waals surface area (Å²) in [5.74, 6) is -0.0986. The second kappa shape index (κ2) is 7.41. The van der Waals surface area contributed by atoms with Crippen molar-refractivity contribution < 1.29 is 14.3 Å². The van der Waals surface area contributed by atoms with Gasteiger partial charge >= 0.3 is 5.97 Å². The Labute approximate surface area is 122 Å². The Bertz CT molecular complexity index is 307. The molecule has 1 saturated heterocycles. The fourth-order valence-electron chi connectivity index (χ4n) is 3.73. The van der Waals surface area contributed by atoms with Crippen molar-refractivity contribution >= 4 is 5.97 Å². The number of hydrogen-bond acceptors (Lipinski definition) is 4. The number of ether oxygens (including phenoxy) is 2. The molecule has 0 aromatic carbocycles. The van der Waals surface area contributed by atoms with Gasteiger partial charge in [-0.2, -0.15) is 0 Å². The van der Waals surface area contributed by atoms with E-state index in [1.54, 1.807) is 0 Å². The van der Waals surface area contributed by atoms with Crippen LogP contribution < -0.4 is 0 Å². The third kappa shape index (κ3) is 3.95. The van der Waals surface area contributed by atoms with E-state index in [2.05, 4.69) is 11.8 Å². The van der Waals surface area contributed by atoms with Crippen LogP contribution in [0.3, 0.4) is 0 Å². The van der Waals surface area contributed by atoms with Crippen molar-refractivity contribution in [2.45, 2.75) is 70.4 Å². The monoisotopic (exact) mass is 283 g/mol. The van der Waals surface area contributed by atoms with E-state index in [0.29, 0.717) is 19.2 Å². The maximum Gasteiger partial charge on any atom is 0.320 e. The Hall–Kier alpha value is -0.610.